The van der Waals surface area contributed by atoms with Gasteiger partial charge in [-0.1, -0.05) is 18.2 Å². The first-order chi connectivity index (χ1) is 8.47. The van der Waals surface area contributed by atoms with Crippen molar-refractivity contribution in [3.63, 3.8) is 0 Å². The van der Waals surface area contributed by atoms with Crippen LogP contribution in [0.2, 0.25) is 0 Å². The van der Waals surface area contributed by atoms with Crippen molar-refractivity contribution in [2.24, 2.45) is 7.05 Å². The summed E-state index contributed by atoms with van der Waals surface area (Å²) in [6, 6.07) is 5.53. The zero-order valence-electron chi connectivity index (χ0n) is 9.70. The highest BCUT2D eigenvalue weighted by molar-refractivity contribution is 5.40. The quantitative estimate of drug-likeness (QED) is 0.913. The van der Waals surface area contributed by atoms with Gasteiger partial charge in [0.25, 0.3) is 0 Å². The van der Waals surface area contributed by atoms with E-state index in [1.54, 1.807) is 30.2 Å². The van der Waals surface area contributed by atoms with Crippen LogP contribution >= 0.6 is 0 Å². The maximum atomic E-state index is 12.7. The van der Waals surface area contributed by atoms with Crippen LogP contribution in [0.3, 0.4) is 0 Å². The molecule has 0 aliphatic carbocycles. The molecule has 1 aromatic carbocycles. The van der Waals surface area contributed by atoms with E-state index in [0.29, 0.717) is 5.69 Å². The molecular weight excluding hydrogens is 243 g/mol. The van der Waals surface area contributed by atoms with Gasteiger partial charge in [0.15, 0.2) is 0 Å². The minimum atomic E-state index is -4.33. The third-order valence-electron chi connectivity index (χ3n) is 2.51. The summed E-state index contributed by atoms with van der Waals surface area (Å²) in [4.78, 5) is 0. The van der Waals surface area contributed by atoms with Crippen LogP contribution in [0, 0.1) is 0 Å². The van der Waals surface area contributed by atoms with Gasteiger partial charge in [-0.05, 0) is 11.6 Å². The van der Waals surface area contributed by atoms with Crippen LogP contribution in [-0.2, 0) is 19.8 Å². The normalized spacial score (nSPS) is 11.6. The Hall–Kier alpha value is -1.98. The Bertz CT molecular complexity index is 531. The van der Waals surface area contributed by atoms with E-state index in [2.05, 4.69) is 10.4 Å². The smallest absolute Gasteiger partial charge is 0.378 e. The molecule has 1 heterocycles. The minimum Gasteiger partial charge on any atom is -0.378 e. The lowest BCUT2D eigenvalue weighted by Crippen LogP contribution is -2.11. The van der Waals surface area contributed by atoms with Crippen LogP contribution in [0.5, 0.6) is 0 Å². The summed E-state index contributed by atoms with van der Waals surface area (Å²) in [6.07, 6.45) is -1.06. The maximum absolute atomic E-state index is 12.7. The number of halogens is 3. The molecule has 18 heavy (non-hydrogen) atoms. The predicted molar refractivity (Wildman–Crippen MR) is 62.0 cm³/mol. The Morgan fingerprint density at radius 1 is 1.28 bits per heavy atom. The number of hydrogen-bond donors (Lipinski definition) is 1. The van der Waals surface area contributed by atoms with Crippen LogP contribution in [0.15, 0.2) is 36.7 Å². The number of benzene rings is 1. The number of nitrogens with zero attached hydrogens (tertiary/aromatic N) is 2. The molecule has 6 heteroatoms. The van der Waals surface area contributed by atoms with Crippen LogP contribution < -0.4 is 5.32 Å². The molecule has 1 aromatic heterocycles. The highest BCUT2D eigenvalue weighted by Crippen LogP contribution is 2.32. The number of alkyl halides is 3. The van der Waals surface area contributed by atoms with Gasteiger partial charge in [-0.25, -0.2) is 0 Å². The largest absolute Gasteiger partial charge is 0.416 e. The van der Waals surface area contributed by atoms with Crippen molar-refractivity contribution in [3.8, 4) is 0 Å². The number of anilines is 1. The maximum Gasteiger partial charge on any atom is 0.416 e. The van der Waals surface area contributed by atoms with Crippen LogP contribution in [0.4, 0.5) is 18.9 Å². The first-order valence-corrected chi connectivity index (χ1v) is 5.34. The van der Waals surface area contributed by atoms with E-state index in [4.69, 9.17) is 0 Å². The number of aromatic nitrogens is 2. The second-order valence-electron chi connectivity index (χ2n) is 3.91. The van der Waals surface area contributed by atoms with E-state index in [-0.39, 0.29) is 12.1 Å². The van der Waals surface area contributed by atoms with Gasteiger partial charge in [0, 0.05) is 19.8 Å². The predicted octanol–water partition coefficient (Wildman–Crippen LogP) is 3.05. The van der Waals surface area contributed by atoms with E-state index in [9.17, 15) is 13.2 Å². The molecule has 1 N–H and O–H groups in total. The van der Waals surface area contributed by atoms with Crippen LogP contribution in [0.25, 0.3) is 0 Å². The summed E-state index contributed by atoms with van der Waals surface area (Å²) in [5.41, 5.74) is 0.296. The van der Waals surface area contributed by atoms with E-state index >= 15 is 0 Å². The molecule has 2 aromatic rings. The summed E-state index contributed by atoms with van der Waals surface area (Å²) in [7, 11) is 1.74. The van der Waals surface area contributed by atoms with Gasteiger partial charge in [0.1, 0.15) is 0 Å². The molecule has 0 spiro atoms. The third kappa shape index (κ3) is 2.82. The molecule has 0 radical (unpaired) electrons. The number of aryl methyl sites for hydroxylation is 1. The fourth-order valence-corrected chi connectivity index (χ4v) is 1.66. The van der Waals surface area contributed by atoms with Crippen LogP contribution in [0.1, 0.15) is 11.1 Å². The molecular formula is C12H12F3N3. The summed E-state index contributed by atoms with van der Waals surface area (Å²) in [6.45, 7) is 0.112. The van der Waals surface area contributed by atoms with Crippen molar-refractivity contribution in [1.29, 1.82) is 0 Å². The Balaban J connectivity index is 2.14. The van der Waals surface area contributed by atoms with E-state index < -0.39 is 11.7 Å². The second-order valence-corrected chi connectivity index (χ2v) is 3.91. The lowest BCUT2D eigenvalue weighted by molar-refractivity contribution is -0.138. The van der Waals surface area contributed by atoms with Gasteiger partial charge in [-0.15, -0.1) is 0 Å². The van der Waals surface area contributed by atoms with Crippen molar-refractivity contribution in [3.05, 3.63) is 47.8 Å². The van der Waals surface area contributed by atoms with Crippen molar-refractivity contribution < 1.29 is 13.2 Å². The molecule has 0 amide bonds. The molecule has 0 saturated heterocycles. The van der Waals surface area contributed by atoms with Crippen molar-refractivity contribution in [2.45, 2.75) is 12.7 Å². The first kappa shape index (κ1) is 12.5. The molecule has 2 rings (SSSR count). The zero-order chi connectivity index (χ0) is 13.2. The highest BCUT2D eigenvalue weighted by Gasteiger charge is 2.32. The van der Waals surface area contributed by atoms with E-state index in [0.717, 1.165) is 6.07 Å². The highest BCUT2D eigenvalue weighted by atomic mass is 19.4. The fraction of sp³-hybridized carbons (Fsp3) is 0.250. The monoisotopic (exact) mass is 255 g/mol. The Kier molecular flexibility index (Phi) is 3.27. The van der Waals surface area contributed by atoms with Crippen molar-refractivity contribution >= 4 is 5.69 Å². The second kappa shape index (κ2) is 4.72. The summed E-state index contributed by atoms with van der Waals surface area (Å²) >= 11 is 0. The van der Waals surface area contributed by atoms with Gasteiger partial charge in [0.05, 0.1) is 17.4 Å². The SMILES string of the molecule is Cn1cc(NCc2ccccc2C(F)(F)F)cn1. The van der Waals surface area contributed by atoms with Crippen LogP contribution in [-0.4, -0.2) is 9.78 Å². The molecule has 0 aliphatic heterocycles. The lowest BCUT2D eigenvalue weighted by atomic mass is 10.1. The Labute approximate surface area is 102 Å². The molecule has 96 valence electrons. The molecule has 0 atom stereocenters. The summed E-state index contributed by atoms with van der Waals surface area (Å²) in [5, 5.41) is 6.84. The van der Waals surface area contributed by atoms with Gasteiger partial charge < -0.3 is 5.32 Å². The van der Waals surface area contributed by atoms with E-state index in [1.165, 1.54) is 12.1 Å². The molecule has 0 fully saturated rings. The molecule has 0 saturated carbocycles. The third-order valence-corrected chi connectivity index (χ3v) is 2.51. The summed E-state index contributed by atoms with van der Waals surface area (Å²) < 4.78 is 39.8. The first-order valence-electron chi connectivity index (χ1n) is 5.34. The average molecular weight is 255 g/mol. The van der Waals surface area contributed by atoms with Gasteiger partial charge in [-0.2, -0.15) is 18.3 Å². The van der Waals surface area contributed by atoms with Crippen molar-refractivity contribution in [2.75, 3.05) is 5.32 Å². The molecule has 0 unspecified atom stereocenters. The summed E-state index contributed by atoms with van der Waals surface area (Å²) in [5.74, 6) is 0. The minimum absolute atomic E-state index is 0.112. The van der Waals surface area contributed by atoms with E-state index in [1.807, 2.05) is 0 Å². The fourth-order valence-electron chi connectivity index (χ4n) is 1.66. The van der Waals surface area contributed by atoms with Crippen molar-refractivity contribution in [1.82, 2.24) is 9.78 Å². The zero-order valence-corrected chi connectivity index (χ0v) is 9.70. The standard InChI is InChI=1S/C12H12F3N3/c1-18-8-10(7-17-18)16-6-9-4-2-3-5-11(9)12(13,14)15/h2-5,7-8,16H,6H2,1H3. The number of rotatable bonds is 3. The van der Waals surface area contributed by atoms with Gasteiger partial charge >= 0.3 is 6.18 Å². The molecule has 0 bridgehead atoms. The Morgan fingerprint density at radius 3 is 2.61 bits per heavy atom. The van der Waals surface area contributed by atoms with Gasteiger partial charge in [0.2, 0.25) is 0 Å². The molecule has 0 aliphatic rings. The topological polar surface area (TPSA) is 29.9 Å². The molecule has 3 nitrogen and oxygen atoms in total. The lowest BCUT2D eigenvalue weighted by Gasteiger charge is -2.12. The number of hydrogen-bond acceptors (Lipinski definition) is 2. The Morgan fingerprint density at radius 2 is 2.00 bits per heavy atom. The average Bonchev–Trinajstić information content (AvgIpc) is 2.72. The number of nitrogens with one attached hydrogen (secondary N) is 1. The van der Waals surface area contributed by atoms with Gasteiger partial charge in [-0.3, -0.25) is 4.68 Å².